The predicted octanol–water partition coefficient (Wildman–Crippen LogP) is 2.30. The SMILES string of the molecule is CN1CCN(C(CNS(=O)(=O)Cc2cccc(F)c2)c2ccsc2)CC1. The first-order chi connectivity index (χ1) is 12.4. The number of piperazine rings is 1. The quantitative estimate of drug-likeness (QED) is 0.779. The van der Waals surface area contributed by atoms with Crippen LogP contribution in [0.25, 0.3) is 0 Å². The highest BCUT2D eigenvalue weighted by Crippen LogP contribution is 2.24. The lowest BCUT2D eigenvalue weighted by molar-refractivity contribution is 0.113. The summed E-state index contributed by atoms with van der Waals surface area (Å²) in [6.45, 7) is 4.07. The van der Waals surface area contributed by atoms with E-state index in [9.17, 15) is 12.8 Å². The van der Waals surface area contributed by atoms with Gasteiger partial charge in [0.1, 0.15) is 5.82 Å². The summed E-state index contributed by atoms with van der Waals surface area (Å²) >= 11 is 1.61. The van der Waals surface area contributed by atoms with Crippen LogP contribution in [0.1, 0.15) is 17.2 Å². The number of likely N-dealkylation sites (N-methyl/N-ethyl adjacent to an activating group) is 1. The fourth-order valence-corrected chi connectivity index (χ4v) is 5.00. The van der Waals surface area contributed by atoms with Gasteiger partial charge in [-0.2, -0.15) is 11.3 Å². The van der Waals surface area contributed by atoms with Crippen LogP contribution in [0.15, 0.2) is 41.1 Å². The van der Waals surface area contributed by atoms with E-state index in [4.69, 9.17) is 0 Å². The van der Waals surface area contributed by atoms with Gasteiger partial charge in [-0.3, -0.25) is 4.90 Å². The molecule has 1 aliphatic heterocycles. The number of benzene rings is 1. The van der Waals surface area contributed by atoms with Crippen LogP contribution >= 0.6 is 11.3 Å². The zero-order valence-corrected chi connectivity index (χ0v) is 16.4. The maximum Gasteiger partial charge on any atom is 0.215 e. The Morgan fingerprint density at radius 2 is 2.00 bits per heavy atom. The number of hydrogen-bond acceptors (Lipinski definition) is 5. The van der Waals surface area contributed by atoms with Crippen molar-refractivity contribution in [3.8, 4) is 0 Å². The van der Waals surface area contributed by atoms with Crippen LogP contribution in [-0.2, 0) is 15.8 Å². The van der Waals surface area contributed by atoms with Gasteiger partial charge in [-0.25, -0.2) is 17.5 Å². The van der Waals surface area contributed by atoms with E-state index in [0.717, 1.165) is 31.7 Å². The fraction of sp³-hybridized carbons (Fsp3) is 0.444. The summed E-state index contributed by atoms with van der Waals surface area (Å²) in [5.74, 6) is -0.643. The summed E-state index contributed by atoms with van der Waals surface area (Å²) in [6, 6.07) is 7.78. The van der Waals surface area contributed by atoms with Crippen LogP contribution in [0.4, 0.5) is 4.39 Å². The van der Waals surface area contributed by atoms with E-state index in [-0.39, 0.29) is 11.8 Å². The van der Waals surface area contributed by atoms with Gasteiger partial charge in [-0.15, -0.1) is 0 Å². The normalized spacial score (nSPS) is 18.1. The lowest BCUT2D eigenvalue weighted by Gasteiger charge is -2.37. The monoisotopic (exact) mass is 397 g/mol. The molecule has 3 rings (SSSR count). The number of thiophene rings is 1. The van der Waals surface area contributed by atoms with E-state index in [2.05, 4.69) is 33.0 Å². The van der Waals surface area contributed by atoms with Crippen molar-refractivity contribution < 1.29 is 12.8 Å². The molecule has 1 atom stereocenters. The Bertz CT molecular complexity index is 804. The second-order valence-electron chi connectivity index (χ2n) is 6.65. The lowest BCUT2D eigenvalue weighted by atomic mass is 10.1. The molecule has 0 amide bonds. The van der Waals surface area contributed by atoms with Crippen LogP contribution < -0.4 is 4.72 Å². The minimum Gasteiger partial charge on any atom is -0.304 e. The number of halogens is 1. The van der Waals surface area contributed by atoms with Crippen LogP contribution in [0.2, 0.25) is 0 Å². The molecule has 1 aromatic heterocycles. The zero-order chi connectivity index (χ0) is 18.6. The van der Waals surface area contributed by atoms with Crippen molar-refractivity contribution in [2.45, 2.75) is 11.8 Å². The molecule has 0 saturated carbocycles. The molecule has 5 nitrogen and oxygen atoms in total. The molecule has 1 fully saturated rings. The van der Waals surface area contributed by atoms with Gasteiger partial charge in [0.15, 0.2) is 0 Å². The summed E-state index contributed by atoms with van der Waals surface area (Å²) in [4.78, 5) is 4.60. The van der Waals surface area contributed by atoms with Crippen LogP contribution in [0.3, 0.4) is 0 Å². The fourth-order valence-electron chi connectivity index (χ4n) is 3.16. The highest BCUT2D eigenvalue weighted by Gasteiger charge is 2.25. The molecule has 0 radical (unpaired) electrons. The minimum atomic E-state index is -3.54. The maximum absolute atomic E-state index is 13.3. The second kappa shape index (κ2) is 8.58. The largest absolute Gasteiger partial charge is 0.304 e. The highest BCUT2D eigenvalue weighted by molar-refractivity contribution is 7.88. The second-order valence-corrected chi connectivity index (χ2v) is 9.24. The van der Waals surface area contributed by atoms with E-state index in [1.54, 1.807) is 17.4 Å². The first kappa shape index (κ1) is 19.4. The van der Waals surface area contributed by atoms with E-state index < -0.39 is 15.8 Å². The van der Waals surface area contributed by atoms with Gasteiger partial charge < -0.3 is 4.90 Å². The van der Waals surface area contributed by atoms with Crippen molar-refractivity contribution in [1.29, 1.82) is 0 Å². The van der Waals surface area contributed by atoms with Crippen molar-refractivity contribution >= 4 is 21.4 Å². The summed E-state index contributed by atoms with van der Waals surface area (Å²) < 4.78 is 40.9. The molecule has 8 heteroatoms. The molecular formula is C18H24FN3O2S2. The first-order valence-corrected chi connectivity index (χ1v) is 11.2. The Labute approximate surface area is 158 Å². The van der Waals surface area contributed by atoms with Crippen molar-refractivity contribution in [2.24, 2.45) is 0 Å². The van der Waals surface area contributed by atoms with Gasteiger partial charge in [-0.05, 0) is 47.1 Å². The summed E-state index contributed by atoms with van der Waals surface area (Å²) in [6.07, 6.45) is 0. The molecule has 142 valence electrons. The summed E-state index contributed by atoms with van der Waals surface area (Å²) in [7, 11) is -1.44. The number of hydrogen-bond donors (Lipinski definition) is 1. The predicted molar refractivity (Wildman–Crippen MR) is 103 cm³/mol. The Kier molecular flexibility index (Phi) is 6.42. The van der Waals surface area contributed by atoms with Gasteiger partial charge in [0.25, 0.3) is 0 Å². The van der Waals surface area contributed by atoms with Crippen molar-refractivity contribution in [3.63, 3.8) is 0 Å². The molecule has 1 unspecified atom stereocenters. The Morgan fingerprint density at radius 3 is 2.65 bits per heavy atom. The average molecular weight is 398 g/mol. The molecule has 1 aliphatic rings. The molecular weight excluding hydrogens is 373 g/mol. The van der Waals surface area contributed by atoms with Gasteiger partial charge >= 0.3 is 0 Å². The van der Waals surface area contributed by atoms with Crippen LogP contribution in [0, 0.1) is 5.82 Å². The molecule has 1 aromatic carbocycles. The maximum atomic E-state index is 13.3. The number of nitrogens with one attached hydrogen (secondary N) is 1. The van der Waals surface area contributed by atoms with Gasteiger partial charge in [0, 0.05) is 38.8 Å². The smallest absolute Gasteiger partial charge is 0.215 e. The molecule has 1 saturated heterocycles. The molecule has 0 aliphatic carbocycles. The molecule has 1 N–H and O–H groups in total. The van der Waals surface area contributed by atoms with Crippen LogP contribution in [0.5, 0.6) is 0 Å². The molecule has 0 spiro atoms. The third-order valence-electron chi connectivity index (χ3n) is 4.65. The van der Waals surface area contributed by atoms with Crippen LogP contribution in [-0.4, -0.2) is 58.0 Å². The van der Waals surface area contributed by atoms with E-state index in [1.165, 1.54) is 18.2 Å². The third-order valence-corrected chi connectivity index (χ3v) is 6.67. The van der Waals surface area contributed by atoms with E-state index in [0.29, 0.717) is 12.1 Å². The zero-order valence-electron chi connectivity index (χ0n) is 14.8. The Morgan fingerprint density at radius 1 is 1.23 bits per heavy atom. The van der Waals surface area contributed by atoms with Gasteiger partial charge in [0.05, 0.1) is 5.75 Å². The number of rotatable bonds is 7. The molecule has 2 heterocycles. The van der Waals surface area contributed by atoms with E-state index in [1.807, 2.05) is 5.38 Å². The van der Waals surface area contributed by atoms with Crippen molar-refractivity contribution in [3.05, 3.63) is 58.0 Å². The minimum absolute atomic E-state index is 0.0113. The standard InChI is InChI=1S/C18H24FN3O2S2/c1-21-6-8-22(9-7-21)18(16-5-10-25-13-16)12-20-26(23,24)14-15-3-2-4-17(19)11-15/h2-5,10-11,13,18,20H,6-9,12,14H2,1H3. The highest BCUT2D eigenvalue weighted by atomic mass is 32.2. The lowest BCUT2D eigenvalue weighted by Crippen LogP contribution is -2.48. The number of nitrogens with zero attached hydrogens (tertiary/aromatic N) is 2. The summed E-state index contributed by atoms with van der Waals surface area (Å²) in [5, 5.41) is 4.09. The third kappa shape index (κ3) is 5.34. The van der Waals surface area contributed by atoms with Crippen molar-refractivity contribution in [1.82, 2.24) is 14.5 Å². The molecule has 0 bridgehead atoms. The Hall–Kier alpha value is -1.32. The first-order valence-electron chi connectivity index (χ1n) is 8.59. The topological polar surface area (TPSA) is 52.6 Å². The summed E-state index contributed by atoms with van der Waals surface area (Å²) in [5.41, 5.74) is 1.58. The molecule has 26 heavy (non-hydrogen) atoms. The van der Waals surface area contributed by atoms with Crippen molar-refractivity contribution in [2.75, 3.05) is 39.8 Å². The van der Waals surface area contributed by atoms with Gasteiger partial charge in [0.2, 0.25) is 10.0 Å². The van der Waals surface area contributed by atoms with E-state index >= 15 is 0 Å². The Balaban J connectivity index is 1.67. The van der Waals surface area contributed by atoms with Gasteiger partial charge in [-0.1, -0.05) is 12.1 Å². The molecule has 2 aromatic rings. The average Bonchev–Trinajstić information content (AvgIpc) is 3.10. The number of sulfonamides is 1.